The van der Waals surface area contributed by atoms with Crippen LogP contribution >= 0.6 is 22.6 Å². The van der Waals surface area contributed by atoms with Crippen LogP contribution in [0.15, 0.2) is 24.3 Å². The third-order valence-corrected chi connectivity index (χ3v) is 2.44. The number of aliphatic hydroxyl groups is 1. The zero-order valence-electron chi connectivity index (χ0n) is 7.05. The van der Waals surface area contributed by atoms with Crippen molar-refractivity contribution in [3.05, 3.63) is 33.4 Å². The van der Waals surface area contributed by atoms with E-state index < -0.39 is 12.3 Å². The molecule has 0 heterocycles. The molecule has 0 amide bonds. The molecule has 0 aliphatic carbocycles. The van der Waals surface area contributed by atoms with E-state index in [9.17, 15) is 13.2 Å². The van der Waals surface area contributed by atoms with Crippen LogP contribution < -0.4 is 0 Å². The standard InChI is InChI=1S/C9H8F3IO/c10-9(11,12)8(14)5-6-1-3-7(13)4-2-6/h1-4,8,14H,5H2. The Morgan fingerprint density at radius 1 is 1.21 bits per heavy atom. The van der Waals surface area contributed by atoms with Gasteiger partial charge in [0.25, 0.3) is 0 Å². The largest absolute Gasteiger partial charge is 0.414 e. The molecule has 1 atom stereocenters. The van der Waals surface area contributed by atoms with Crippen LogP contribution in [0.4, 0.5) is 13.2 Å². The molecule has 0 bridgehead atoms. The van der Waals surface area contributed by atoms with Crippen molar-refractivity contribution in [2.45, 2.75) is 18.7 Å². The van der Waals surface area contributed by atoms with Gasteiger partial charge in [-0.2, -0.15) is 13.2 Å². The van der Waals surface area contributed by atoms with Crippen molar-refractivity contribution in [1.29, 1.82) is 0 Å². The van der Waals surface area contributed by atoms with Gasteiger partial charge >= 0.3 is 6.18 Å². The van der Waals surface area contributed by atoms with Crippen LogP contribution in [0.2, 0.25) is 0 Å². The monoisotopic (exact) mass is 316 g/mol. The number of halogens is 4. The SMILES string of the molecule is OC(Cc1ccc(I)cc1)C(F)(F)F. The predicted molar refractivity (Wildman–Crippen MR) is 54.9 cm³/mol. The lowest BCUT2D eigenvalue weighted by Gasteiger charge is -2.14. The van der Waals surface area contributed by atoms with Crippen LogP contribution in [0.25, 0.3) is 0 Å². The van der Waals surface area contributed by atoms with Crippen LogP contribution in [0.1, 0.15) is 5.56 Å². The number of aliphatic hydroxyl groups excluding tert-OH is 1. The van der Waals surface area contributed by atoms with Crippen molar-refractivity contribution >= 4 is 22.6 Å². The molecule has 5 heteroatoms. The van der Waals surface area contributed by atoms with Gasteiger partial charge in [0.2, 0.25) is 0 Å². The molecule has 0 fully saturated rings. The van der Waals surface area contributed by atoms with E-state index in [1.54, 1.807) is 24.3 Å². The Morgan fingerprint density at radius 3 is 2.14 bits per heavy atom. The molecule has 1 unspecified atom stereocenters. The van der Waals surface area contributed by atoms with E-state index >= 15 is 0 Å². The second-order valence-electron chi connectivity index (χ2n) is 2.89. The van der Waals surface area contributed by atoms with Gasteiger partial charge in [0.05, 0.1) is 0 Å². The first-order chi connectivity index (χ1) is 6.39. The maximum Gasteiger partial charge on any atom is 0.414 e. The number of alkyl halides is 3. The lowest BCUT2D eigenvalue weighted by atomic mass is 10.1. The summed E-state index contributed by atoms with van der Waals surface area (Å²) >= 11 is 2.06. The van der Waals surface area contributed by atoms with Crippen molar-refractivity contribution in [3.63, 3.8) is 0 Å². The maximum atomic E-state index is 12.0. The fourth-order valence-electron chi connectivity index (χ4n) is 0.959. The summed E-state index contributed by atoms with van der Waals surface area (Å²) in [5.41, 5.74) is 0.482. The minimum absolute atomic E-state index is 0.388. The highest BCUT2D eigenvalue weighted by Gasteiger charge is 2.37. The van der Waals surface area contributed by atoms with Crippen molar-refractivity contribution in [1.82, 2.24) is 0 Å². The van der Waals surface area contributed by atoms with E-state index in [1.807, 2.05) is 0 Å². The van der Waals surface area contributed by atoms with Gasteiger partial charge in [0.1, 0.15) is 0 Å². The topological polar surface area (TPSA) is 20.2 Å². The average Bonchev–Trinajstić information content (AvgIpc) is 2.07. The number of hydrogen-bond donors (Lipinski definition) is 1. The Labute approximate surface area is 93.1 Å². The molecular formula is C9H8F3IO. The van der Waals surface area contributed by atoms with Crippen molar-refractivity contribution < 1.29 is 18.3 Å². The summed E-state index contributed by atoms with van der Waals surface area (Å²) in [5, 5.41) is 8.78. The van der Waals surface area contributed by atoms with Gasteiger partial charge in [0, 0.05) is 9.99 Å². The molecule has 0 aromatic heterocycles. The highest BCUT2D eigenvalue weighted by atomic mass is 127. The highest BCUT2D eigenvalue weighted by molar-refractivity contribution is 14.1. The summed E-state index contributed by atoms with van der Waals surface area (Å²) in [7, 11) is 0. The first-order valence-corrected chi connectivity index (χ1v) is 4.96. The summed E-state index contributed by atoms with van der Waals surface area (Å²) in [4.78, 5) is 0. The van der Waals surface area contributed by atoms with Gasteiger partial charge in [-0.1, -0.05) is 12.1 Å². The van der Waals surface area contributed by atoms with Gasteiger partial charge in [-0.15, -0.1) is 0 Å². The van der Waals surface area contributed by atoms with Crippen LogP contribution in [-0.2, 0) is 6.42 Å². The molecule has 0 saturated carbocycles. The lowest BCUT2D eigenvalue weighted by molar-refractivity contribution is -0.203. The Hall–Kier alpha value is -0.300. The zero-order valence-corrected chi connectivity index (χ0v) is 9.21. The minimum Gasteiger partial charge on any atom is -0.383 e. The molecule has 14 heavy (non-hydrogen) atoms. The average molecular weight is 316 g/mol. The van der Waals surface area contributed by atoms with Gasteiger partial charge in [-0.25, -0.2) is 0 Å². The third kappa shape index (κ3) is 3.45. The van der Waals surface area contributed by atoms with Crippen LogP contribution in [0.3, 0.4) is 0 Å². The summed E-state index contributed by atoms with van der Waals surface area (Å²) < 4.78 is 36.8. The maximum absolute atomic E-state index is 12.0. The second-order valence-corrected chi connectivity index (χ2v) is 4.13. The Morgan fingerprint density at radius 2 is 1.71 bits per heavy atom. The second kappa shape index (κ2) is 4.48. The molecule has 0 aliphatic rings. The molecule has 0 aliphatic heterocycles. The van der Waals surface area contributed by atoms with E-state index in [4.69, 9.17) is 5.11 Å². The smallest absolute Gasteiger partial charge is 0.383 e. The minimum atomic E-state index is -4.54. The Bertz CT molecular complexity index is 294. The van der Waals surface area contributed by atoms with Crippen molar-refractivity contribution in [3.8, 4) is 0 Å². The molecule has 0 saturated heterocycles. The molecule has 1 nitrogen and oxygen atoms in total. The third-order valence-electron chi connectivity index (χ3n) is 1.72. The summed E-state index contributed by atoms with van der Waals surface area (Å²) in [6, 6.07) is 6.57. The van der Waals surface area contributed by atoms with Crippen LogP contribution in [-0.4, -0.2) is 17.4 Å². The highest BCUT2D eigenvalue weighted by Crippen LogP contribution is 2.23. The van der Waals surface area contributed by atoms with Gasteiger partial charge < -0.3 is 5.11 Å². The number of benzene rings is 1. The van der Waals surface area contributed by atoms with E-state index in [2.05, 4.69) is 22.6 Å². The first-order valence-electron chi connectivity index (χ1n) is 3.89. The Kier molecular flexibility index (Phi) is 3.77. The fraction of sp³-hybridized carbons (Fsp3) is 0.333. The molecular weight excluding hydrogens is 308 g/mol. The van der Waals surface area contributed by atoms with Gasteiger partial charge in [-0.05, 0) is 40.3 Å². The quantitative estimate of drug-likeness (QED) is 0.832. The molecule has 1 aromatic carbocycles. The summed E-state index contributed by atoms with van der Waals surface area (Å²) in [6.07, 6.45) is -7.20. The molecule has 0 radical (unpaired) electrons. The van der Waals surface area contributed by atoms with Crippen molar-refractivity contribution in [2.24, 2.45) is 0 Å². The Balaban J connectivity index is 2.65. The van der Waals surface area contributed by atoms with Gasteiger partial charge in [-0.3, -0.25) is 0 Å². The number of hydrogen-bond acceptors (Lipinski definition) is 1. The molecule has 0 spiro atoms. The van der Waals surface area contributed by atoms with Gasteiger partial charge in [0.15, 0.2) is 6.10 Å². The zero-order chi connectivity index (χ0) is 10.8. The van der Waals surface area contributed by atoms with Crippen LogP contribution in [0.5, 0.6) is 0 Å². The normalized spacial score (nSPS) is 14.1. The molecule has 1 N–H and O–H groups in total. The fourth-order valence-corrected chi connectivity index (χ4v) is 1.32. The predicted octanol–water partition coefficient (Wildman–Crippen LogP) is 2.76. The lowest BCUT2D eigenvalue weighted by Crippen LogP contribution is -2.30. The van der Waals surface area contributed by atoms with E-state index in [0.29, 0.717) is 5.56 Å². The van der Waals surface area contributed by atoms with Crippen molar-refractivity contribution in [2.75, 3.05) is 0 Å². The molecule has 78 valence electrons. The summed E-state index contributed by atoms with van der Waals surface area (Å²) in [5.74, 6) is 0. The van der Waals surface area contributed by atoms with E-state index in [-0.39, 0.29) is 6.42 Å². The molecule has 1 aromatic rings. The number of rotatable bonds is 2. The van der Waals surface area contributed by atoms with E-state index in [0.717, 1.165) is 3.57 Å². The van der Waals surface area contributed by atoms with E-state index in [1.165, 1.54) is 0 Å². The first kappa shape index (κ1) is 11.8. The van der Waals surface area contributed by atoms with Crippen LogP contribution in [0, 0.1) is 3.57 Å². The summed E-state index contributed by atoms with van der Waals surface area (Å²) in [6.45, 7) is 0. The molecule has 1 rings (SSSR count).